The summed E-state index contributed by atoms with van der Waals surface area (Å²) in [5, 5.41) is 4.08. The molecule has 98 valence electrons. The van der Waals surface area contributed by atoms with Crippen LogP contribution in [-0.2, 0) is 16.4 Å². The van der Waals surface area contributed by atoms with E-state index in [1.165, 1.54) is 0 Å². The van der Waals surface area contributed by atoms with E-state index in [0.29, 0.717) is 6.42 Å². The summed E-state index contributed by atoms with van der Waals surface area (Å²) in [6.45, 7) is 0. The van der Waals surface area contributed by atoms with E-state index in [0.717, 1.165) is 22.7 Å². The van der Waals surface area contributed by atoms with Gasteiger partial charge in [-0.15, -0.1) is 0 Å². The zero-order valence-corrected chi connectivity index (χ0v) is 11.2. The number of benzene rings is 1. The minimum atomic E-state index is -3.21. The van der Waals surface area contributed by atoms with Gasteiger partial charge >= 0.3 is 0 Å². The van der Waals surface area contributed by atoms with Crippen molar-refractivity contribution >= 4 is 20.9 Å². The molecule has 0 radical (unpaired) electrons. The Kier molecular flexibility index (Phi) is 3.70. The molecule has 0 unspecified atom stereocenters. The average Bonchev–Trinajstić information content (AvgIpc) is 2.70. The summed E-state index contributed by atoms with van der Waals surface area (Å²) in [5.41, 5.74) is 2.14. The molecule has 0 bridgehead atoms. The molecule has 0 amide bonds. The maximum atomic E-state index is 11.2. The number of aromatic amines is 1. The maximum absolute atomic E-state index is 11.2. The van der Waals surface area contributed by atoms with Crippen molar-refractivity contribution in [2.24, 2.45) is 0 Å². The van der Waals surface area contributed by atoms with Gasteiger partial charge in [-0.25, -0.2) is 8.42 Å². The molecular formula is C12H17N3O2S. The van der Waals surface area contributed by atoms with Gasteiger partial charge in [-0.05, 0) is 18.7 Å². The van der Waals surface area contributed by atoms with Crippen molar-refractivity contribution in [1.29, 1.82) is 0 Å². The van der Waals surface area contributed by atoms with E-state index in [1.807, 2.05) is 30.5 Å². The average molecular weight is 267 g/mol. The first-order valence-corrected chi connectivity index (χ1v) is 7.58. The molecule has 0 spiro atoms. The van der Waals surface area contributed by atoms with Crippen LogP contribution in [0.25, 0.3) is 10.9 Å². The number of aromatic nitrogens is 1. The van der Waals surface area contributed by atoms with Gasteiger partial charge in [0.05, 0.1) is 12.4 Å². The zero-order valence-electron chi connectivity index (χ0n) is 10.4. The fourth-order valence-electron chi connectivity index (χ4n) is 1.98. The number of hydrogen-bond acceptors (Lipinski definition) is 3. The lowest BCUT2D eigenvalue weighted by Crippen LogP contribution is -2.44. The summed E-state index contributed by atoms with van der Waals surface area (Å²) in [7, 11) is -1.48. The lowest BCUT2D eigenvalue weighted by atomic mass is 10.1. The van der Waals surface area contributed by atoms with Crippen LogP contribution >= 0.6 is 0 Å². The molecule has 0 saturated heterocycles. The number of nitrogens with one attached hydrogen (secondary N) is 3. The van der Waals surface area contributed by atoms with Gasteiger partial charge in [-0.3, -0.25) is 0 Å². The number of likely N-dealkylation sites (N-methyl/N-ethyl adjacent to an activating group) is 1. The molecule has 6 heteroatoms. The van der Waals surface area contributed by atoms with Gasteiger partial charge in [-0.2, -0.15) is 4.72 Å². The van der Waals surface area contributed by atoms with Crippen molar-refractivity contribution in [1.82, 2.24) is 15.0 Å². The molecule has 2 aromatic rings. The van der Waals surface area contributed by atoms with Crippen LogP contribution < -0.4 is 10.0 Å². The first-order chi connectivity index (χ1) is 8.49. The van der Waals surface area contributed by atoms with Gasteiger partial charge in [0.2, 0.25) is 10.0 Å². The summed E-state index contributed by atoms with van der Waals surface area (Å²) >= 11 is 0. The van der Waals surface area contributed by atoms with Gasteiger partial charge in [-0.1, -0.05) is 18.2 Å². The van der Waals surface area contributed by atoms with Crippen molar-refractivity contribution in [3.05, 3.63) is 36.0 Å². The summed E-state index contributed by atoms with van der Waals surface area (Å²) in [4.78, 5) is 3.18. The smallest absolute Gasteiger partial charge is 0.210 e. The number of fused-ring (bicyclic) bond motifs is 1. The SMILES string of the molecule is CN[C@H](Cc1c[nH]c2ccccc12)NS(C)(=O)=O. The second-order valence-corrected chi connectivity index (χ2v) is 6.07. The predicted octanol–water partition coefficient (Wildman–Crippen LogP) is 0.805. The van der Waals surface area contributed by atoms with Crippen LogP contribution in [0.1, 0.15) is 5.56 Å². The molecule has 1 heterocycles. The number of hydrogen-bond donors (Lipinski definition) is 3. The Morgan fingerprint density at radius 2 is 2.06 bits per heavy atom. The quantitative estimate of drug-likeness (QED) is 0.702. The molecular weight excluding hydrogens is 250 g/mol. The van der Waals surface area contributed by atoms with Crippen LogP contribution in [0.15, 0.2) is 30.5 Å². The largest absolute Gasteiger partial charge is 0.361 e. The van der Waals surface area contributed by atoms with E-state index in [2.05, 4.69) is 15.0 Å². The van der Waals surface area contributed by atoms with Crippen LogP contribution in [0.5, 0.6) is 0 Å². The molecule has 5 nitrogen and oxygen atoms in total. The molecule has 3 N–H and O–H groups in total. The fraction of sp³-hybridized carbons (Fsp3) is 0.333. The third-order valence-corrected chi connectivity index (χ3v) is 3.52. The molecule has 2 rings (SSSR count). The highest BCUT2D eigenvalue weighted by molar-refractivity contribution is 7.88. The van der Waals surface area contributed by atoms with E-state index in [4.69, 9.17) is 0 Å². The third kappa shape index (κ3) is 3.10. The fourth-order valence-corrected chi connectivity index (χ4v) is 2.70. The number of sulfonamides is 1. The van der Waals surface area contributed by atoms with Gasteiger partial charge in [0.25, 0.3) is 0 Å². The van der Waals surface area contributed by atoms with E-state index >= 15 is 0 Å². The molecule has 1 aromatic heterocycles. The molecule has 18 heavy (non-hydrogen) atoms. The van der Waals surface area contributed by atoms with Gasteiger partial charge in [0.1, 0.15) is 0 Å². The van der Waals surface area contributed by atoms with E-state index in [9.17, 15) is 8.42 Å². The molecule has 0 fully saturated rings. The zero-order chi connectivity index (χ0) is 13.2. The van der Waals surface area contributed by atoms with Crippen LogP contribution in [0.3, 0.4) is 0 Å². The first-order valence-electron chi connectivity index (χ1n) is 5.69. The lowest BCUT2D eigenvalue weighted by Gasteiger charge is -2.16. The van der Waals surface area contributed by atoms with E-state index in [-0.39, 0.29) is 6.17 Å². The summed E-state index contributed by atoms with van der Waals surface area (Å²) in [6.07, 6.45) is 3.36. The van der Waals surface area contributed by atoms with Crippen molar-refractivity contribution in [3.63, 3.8) is 0 Å². The maximum Gasteiger partial charge on any atom is 0.210 e. The minimum absolute atomic E-state index is 0.306. The number of para-hydroxylation sites is 1. The number of H-pyrrole nitrogens is 1. The van der Waals surface area contributed by atoms with Crippen molar-refractivity contribution < 1.29 is 8.42 Å². The lowest BCUT2D eigenvalue weighted by molar-refractivity contribution is 0.510. The Balaban J connectivity index is 2.22. The van der Waals surface area contributed by atoms with Crippen molar-refractivity contribution in [2.75, 3.05) is 13.3 Å². The first kappa shape index (κ1) is 13.1. The van der Waals surface area contributed by atoms with Crippen LogP contribution in [0, 0.1) is 0 Å². The third-order valence-electron chi connectivity index (χ3n) is 2.80. The Morgan fingerprint density at radius 1 is 1.33 bits per heavy atom. The molecule has 1 aromatic carbocycles. The second-order valence-electron chi connectivity index (χ2n) is 4.29. The van der Waals surface area contributed by atoms with Crippen molar-refractivity contribution in [2.45, 2.75) is 12.6 Å². The van der Waals surface area contributed by atoms with Crippen molar-refractivity contribution in [3.8, 4) is 0 Å². The molecule has 1 atom stereocenters. The molecule has 0 saturated carbocycles. The Morgan fingerprint density at radius 3 is 2.72 bits per heavy atom. The van der Waals surface area contributed by atoms with E-state index < -0.39 is 10.0 Å². The Hall–Kier alpha value is -1.37. The molecule has 0 aliphatic heterocycles. The monoisotopic (exact) mass is 267 g/mol. The van der Waals surface area contributed by atoms with Crippen LogP contribution in [0.4, 0.5) is 0 Å². The highest BCUT2D eigenvalue weighted by atomic mass is 32.2. The van der Waals surface area contributed by atoms with Crippen LogP contribution in [-0.4, -0.2) is 32.9 Å². The predicted molar refractivity (Wildman–Crippen MR) is 72.8 cm³/mol. The summed E-state index contributed by atoms with van der Waals surface area (Å²) < 4.78 is 25.0. The second kappa shape index (κ2) is 5.09. The van der Waals surface area contributed by atoms with Gasteiger partial charge in [0, 0.05) is 23.5 Å². The van der Waals surface area contributed by atoms with E-state index in [1.54, 1.807) is 7.05 Å². The Labute approximate surface area is 107 Å². The molecule has 0 aliphatic rings. The number of rotatable bonds is 5. The highest BCUT2D eigenvalue weighted by Crippen LogP contribution is 2.18. The topological polar surface area (TPSA) is 74.0 Å². The normalized spacial score (nSPS) is 13.9. The standard InChI is InChI=1S/C12H17N3O2S/c1-13-12(15-18(2,16)17)7-9-8-14-11-6-4-3-5-10(9)11/h3-6,8,12-15H,7H2,1-2H3/t12-/m0/s1. The minimum Gasteiger partial charge on any atom is -0.361 e. The highest BCUT2D eigenvalue weighted by Gasteiger charge is 2.14. The van der Waals surface area contributed by atoms with Gasteiger partial charge < -0.3 is 10.3 Å². The van der Waals surface area contributed by atoms with Crippen LogP contribution in [0.2, 0.25) is 0 Å². The van der Waals surface area contributed by atoms with Gasteiger partial charge in [0.15, 0.2) is 0 Å². The summed E-state index contributed by atoms with van der Waals surface area (Å²) in [6, 6.07) is 7.95. The summed E-state index contributed by atoms with van der Waals surface area (Å²) in [5.74, 6) is 0. The Bertz CT molecular complexity index is 634. The molecule has 0 aliphatic carbocycles.